The number of amides is 1. The summed E-state index contributed by atoms with van der Waals surface area (Å²) in [6.45, 7) is -0.529. The summed E-state index contributed by atoms with van der Waals surface area (Å²) in [5, 5.41) is 30.9. The van der Waals surface area contributed by atoms with Crippen molar-refractivity contribution in [1.82, 2.24) is 5.32 Å². The van der Waals surface area contributed by atoms with E-state index in [-0.39, 0.29) is 17.0 Å². The largest absolute Gasteiger partial charge is 0.506 e. The quantitative estimate of drug-likeness (QED) is 0.304. The Labute approximate surface area is 119 Å². The molecule has 6 N–H and O–H groups in total. The van der Waals surface area contributed by atoms with E-state index in [0.29, 0.717) is 0 Å². The maximum Gasteiger partial charge on any atom is 0.253 e. The molecule has 0 bridgehead atoms. The van der Waals surface area contributed by atoms with Crippen LogP contribution in [-0.2, 0) is 4.79 Å². The lowest BCUT2D eigenvalue weighted by Crippen LogP contribution is -2.44. The van der Waals surface area contributed by atoms with Crippen LogP contribution in [0.1, 0.15) is 11.7 Å². The molecule has 1 amide bonds. The number of aliphatic hydroxyl groups is 2. The lowest BCUT2D eigenvalue weighted by Gasteiger charge is -2.23. The van der Waals surface area contributed by atoms with Crippen molar-refractivity contribution in [2.75, 3.05) is 12.3 Å². The Kier molecular flexibility index (Phi) is 5.68. The molecular weight excluding hydrogens is 295 g/mol. The molecule has 8 heteroatoms. The molecule has 0 aliphatic heterocycles. The molecule has 1 aromatic rings. The van der Waals surface area contributed by atoms with Crippen LogP contribution in [-0.4, -0.2) is 38.7 Å². The number of hydrogen-bond acceptors (Lipinski definition) is 5. The number of nitrogens with one attached hydrogen (secondary N) is 1. The molecule has 0 fully saturated rings. The summed E-state index contributed by atoms with van der Waals surface area (Å²) in [5.41, 5.74) is 5.87. The third kappa shape index (κ3) is 4.14. The van der Waals surface area contributed by atoms with E-state index in [9.17, 15) is 15.0 Å². The number of alkyl halides is 2. The molecule has 0 saturated heterocycles. The highest BCUT2D eigenvalue weighted by molar-refractivity contribution is 6.53. The van der Waals surface area contributed by atoms with Crippen molar-refractivity contribution >= 4 is 34.8 Å². The molecule has 6 nitrogen and oxygen atoms in total. The number of rotatable bonds is 5. The average Bonchev–Trinajstić information content (AvgIpc) is 2.37. The highest BCUT2D eigenvalue weighted by Crippen LogP contribution is 2.26. The maximum absolute atomic E-state index is 11.3. The minimum Gasteiger partial charge on any atom is -0.506 e. The molecule has 0 saturated carbocycles. The van der Waals surface area contributed by atoms with Gasteiger partial charge < -0.3 is 26.4 Å². The number of benzene rings is 1. The van der Waals surface area contributed by atoms with Crippen molar-refractivity contribution in [3.8, 4) is 5.75 Å². The van der Waals surface area contributed by atoms with Crippen molar-refractivity contribution in [2.45, 2.75) is 17.0 Å². The van der Waals surface area contributed by atoms with Crippen LogP contribution in [0.25, 0.3) is 0 Å². The fraction of sp³-hybridized carbons (Fsp3) is 0.364. The van der Waals surface area contributed by atoms with Gasteiger partial charge in [0.1, 0.15) is 11.9 Å². The Hall–Kier alpha value is -1.21. The topological polar surface area (TPSA) is 116 Å². The van der Waals surface area contributed by atoms with E-state index in [0.717, 1.165) is 0 Å². The Morgan fingerprint density at radius 3 is 2.53 bits per heavy atom. The SMILES string of the molecule is Nc1ccc([C@H](O)[C@H](CO)NC(=O)C(Cl)Cl)cc1O. The van der Waals surface area contributed by atoms with Gasteiger partial charge in [-0.05, 0) is 17.7 Å². The van der Waals surface area contributed by atoms with Gasteiger partial charge in [-0.15, -0.1) is 0 Å². The second-order valence-electron chi connectivity index (χ2n) is 3.86. The smallest absolute Gasteiger partial charge is 0.253 e. The minimum atomic E-state index is -1.30. The molecule has 0 spiro atoms. The van der Waals surface area contributed by atoms with Crippen LogP contribution in [0.5, 0.6) is 5.75 Å². The van der Waals surface area contributed by atoms with Gasteiger partial charge in [0.25, 0.3) is 5.91 Å². The van der Waals surface area contributed by atoms with E-state index in [2.05, 4.69) is 5.32 Å². The predicted molar refractivity (Wildman–Crippen MR) is 72.0 cm³/mol. The van der Waals surface area contributed by atoms with Crippen molar-refractivity contribution in [1.29, 1.82) is 0 Å². The highest BCUT2D eigenvalue weighted by atomic mass is 35.5. The molecule has 2 atom stereocenters. The molecule has 1 aromatic carbocycles. The van der Waals surface area contributed by atoms with Gasteiger partial charge >= 0.3 is 0 Å². The average molecular weight is 309 g/mol. The first kappa shape index (κ1) is 15.8. The fourth-order valence-electron chi connectivity index (χ4n) is 1.45. The predicted octanol–water partition coefficient (Wildman–Crippen LogP) is 0.289. The summed E-state index contributed by atoms with van der Waals surface area (Å²) in [7, 11) is 0. The Morgan fingerprint density at radius 2 is 2.05 bits per heavy atom. The van der Waals surface area contributed by atoms with Crippen LogP contribution >= 0.6 is 23.2 Å². The monoisotopic (exact) mass is 308 g/mol. The van der Waals surface area contributed by atoms with E-state index in [4.69, 9.17) is 34.0 Å². The molecular formula is C11H14Cl2N2O4. The van der Waals surface area contributed by atoms with Crippen LogP contribution in [0.2, 0.25) is 0 Å². The summed E-state index contributed by atoms with van der Waals surface area (Å²) in [6, 6.07) is 3.10. The Bertz CT molecular complexity index is 456. The molecule has 106 valence electrons. The Morgan fingerprint density at radius 1 is 1.42 bits per heavy atom. The maximum atomic E-state index is 11.3. The summed E-state index contributed by atoms with van der Waals surface area (Å²) in [5.74, 6) is -0.937. The van der Waals surface area contributed by atoms with E-state index in [1.54, 1.807) is 0 Å². The third-order valence-corrected chi connectivity index (χ3v) is 2.90. The first-order chi connectivity index (χ1) is 8.86. The number of nitrogen functional groups attached to an aromatic ring is 1. The molecule has 19 heavy (non-hydrogen) atoms. The number of carbonyl (C=O) groups excluding carboxylic acids is 1. The third-order valence-electron chi connectivity index (χ3n) is 2.50. The number of aromatic hydroxyl groups is 1. The zero-order valence-electron chi connectivity index (χ0n) is 9.75. The van der Waals surface area contributed by atoms with Crippen molar-refractivity contribution in [3.63, 3.8) is 0 Å². The molecule has 0 heterocycles. The lowest BCUT2D eigenvalue weighted by atomic mass is 10.0. The minimum absolute atomic E-state index is 0.155. The normalized spacial score (nSPS) is 14.2. The molecule has 0 aliphatic carbocycles. The van der Waals surface area contributed by atoms with Crippen molar-refractivity contribution in [2.24, 2.45) is 0 Å². The zero-order valence-corrected chi connectivity index (χ0v) is 11.3. The van der Waals surface area contributed by atoms with E-state index in [1.807, 2.05) is 0 Å². The molecule has 0 aromatic heterocycles. The Balaban J connectivity index is 2.85. The first-order valence-corrected chi connectivity index (χ1v) is 6.20. The molecule has 0 radical (unpaired) electrons. The van der Waals surface area contributed by atoms with Gasteiger partial charge in [-0.2, -0.15) is 0 Å². The number of anilines is 1. The van der Waals surface area contributed by atoms with Gasteiger partial charge in [0.05, 0.1) is 18.3 Å². The number of aliphatic hydroxyl groups excluding tert-OH is 2. The van der Waals surface area contributed by atoms with Crippen molar-refractivity contribution in [3.05, 3.63) is 23.8 Å². The molecule has 0 aliphatic rings. The second kappa shape index (κ2) is 6.81. The van der Waals surface area contributed by atoms with E-state index >= 15 is 0 Å². The summed E-state index contributed by atoms with van der Waals surface area (Å²) >= 11 is 10.7. The van der Waals surface area contributed by atoms with Gasteiger partial charge in [-0.3, -0.25) is 4.79 Å². The number of phenolic OH excluding ortho intramolecular Hbond substituents is 1. The standard InChI is InChI=1S/C11H14Cl2N2O4/c12-10(13)11(19)15-7(4-16)9(18)5-1-2-6(14)8(17)3-5/h1-3,7,9-10,16-18H,4,14H2,(H,15,19)/t7-,9-/m0/s1. The number of carbonyl (C=O) groups is 1. The van der Waals surface area contributed by atoms with Crippen LogP contribution in [0.15, 0.2) is 18.2 Å². The first-order valence-electron chi connectivity index (χ1n) is 5.32. The second-order valence-corrected chi connectivity index (χ2v) is 4.96. The van der Waals surface area contributed by atoms with Crippen LogP contribution < -0.4 is 11.1 Å². The number of halogens is 2. The van der Waals surface area contributed by atoms with Crippen molar-refractivity contribution < 1.29 is 20.1 Å². The summed E-state index contributed by atoms with van der Waals surface area (Å²) < 4.78 is 0. The highest BCUT2D eigenvalue weighted by Gasteiger charge is 2.24. The van der Waals surface area contributed by atoms with E-state index < -0.39 is 29.5 Å². The van der Waals surface area contributed by atoms with Gasteiger partial charge in [-0.1, -0.05) is 29.3 Å². The van der Waals surface area contributed by atoms with Gasteiger partial charge in [0.2, 0.25) is 0 Å². The molecule has 1 rings (SSSR count). The van der Waals surface area contributed by atoms with Crippen LogP contribution in [0.3, 0.4) is 0 Å². The number of nitrogens with two attached hydrogens (primary N) is 1. The van der Waals surface area contributed by atoms with E-state index in [1.165, 1.54) is 18.2 Å². The zero-order chi connectivity index (χ0) is 14.6. The summed E-state index contributed by atoms with van der Waals surface area (Å²) in [4.78, 5) is 10.00. The molecule has 0 unspecified atom stereocenters. The van der Waals surface area contributed by atoms with Crippen LogP contribution in [0.4, 0.5) is 5.69 Å². The van der Waals surface area contributed by atoms with Gasteiger partial charge in [0.15, 0.2) is 4.84 Å². The summed E-state index contributed by atoms with van der Waals surface area (Å²) in [6.07, 6.45) is -1.24. The van der Waals surface area contributed by atoms with Gasteiger partial charge in [0, 0.05) is 0 Å². The number of phenols is 1. The lowest BCUT2D eigenvalue weighted by molar-refractivity contribution is -0.121. The van der Waals surface area contributed by atoms with Crippen LogP contribution in [0, 0.1) is 0 Å². The number of hydrogen-bond donors (Lipinski definition) is 5. The van der Waals surface area contributed by atoms with Gasteiger partial charge in [-0.25, -0.2) is 0 Å². The fourth-order valence-corrected chi connectivity index (χ4v) is 1.57.